The lowest BCUT2D eigenvalue weighted by Gasteiger charge is -2.36. The van der Waals surface area contributed by atoms with Gasteiger partial charge in [0.05, 0.1) is 0 Å². The molecule has 2 N–H and O–H groups in total. The minimum absolute atomic E-state index is 0.388. The molecule has 1 saturated carbocycles. The van der Waals surface area contributed by atoms with Crippen molar-refractivity contribution in [3.05, 3.63) is 0 Å². The van der Waals surface area contributed by atoms with Gasteiger partial charge in [0.15, 0.2) is 0 Å². The van der Waals surface area contributed by atoms with E-state index in [1.54, 1.807) is 0 Å². The second-order valence-corrected chi connectivity index (χ2v) is 7.10. The predicted octanol–water partition coefficient (Wildman–Crippen LogP) is 2.73. The second-order valence-electron chi connectivity index (χ2n) is 7.10. The van der Waals surface area contributed by atoms with Gasteiger partial charge < -0.3 is 10.6 Å². The topological polar surface area (TPSA) is 29.3 Å². The van der Waals surface area contributed by atoms with Gasteiger partial charge in [-0.05, 0) is 43.6 Å². The largest absolute Gasteiger partial charge is 0.327 e. The van der Waals surface area contributed by atoms with Crippen LogP contribution < -0.4 is 5.73 Å². The summed E-state index contributed by atoms with van der Waals surface area (Å²) in [5.41, 5.74) is 6.61. The molecule has 1 aliphatic carbocycles. The Hall–Kier alpha value is -0.0800. The van der Waals surface area contributed by atoms with Gasteiger partial charge in [-0.3, -0.25) is 0 Å². The van der Waals surface area contributed by atoms with Gasteiger partial charge in [-0.2, -0.15) is 0 Å². The normalized spacial score (nSPS) is 32.1. The highest BCUT2D eigenvalue weighted by atomic mass is 15.1. The average molecular weight is 226 g/mol. The zero-order valence-corrected chi connectivity index (χ0v) is 11.8. The van der Waals surface area contributed by atoms with E-state index >= 15 is 0 Å². The molecule has 0 aromatic carbocycles. The van der Waals surface area contributed by atoms with E-state index in [0.717, 1.165) is 12.5 Å². The zero-order valence-electron chi connectivity index (χ0n) is 11.8. The van der Waals surface area contributed by atoms with Crippen LogP contribution in [0.5, 0.6) is 0 Å². The monoisotopic (exact) mass is 226 g/mol. The molecule has 2 heteroatoms. The molecular formula is C14H30N2. The van der Waals surface area contributed by atoms with E-state index < -0.39 is 0 Å². The van der Waals surface area contributed by atoms with Crippen molar-refractivity contribution in [3.63, 3.8) is 0 Å². The highest BCUT2D eigenvalue weighted by molar-refractivity contribution is 4.83. The molecule has 0 heterocycles. The third kappa shape index (κ3) is 4.84. The van der Waals surface area contributed by atoms with Gasteiger partial charge in [0.2, 0.25) is 0 Å². The first kappa shape index (κ1) is 14.0. The molecule has 0 aromatic heterocycles. The number of nitrogens with zero attached hydrogens (tertiary/aromatic N) is 1. The van der Waals surface area contributed by atoms with Crippen LogP contribution in [0.2, 0.25) is 0 Å². The molecule has 3 atom stereocenters. The Kier molecular flexibility index (Phi) is 4.81. The highest BCUT2D eigenvalue weighted by Gasteiger charge is 2.27. The Morgan fingerprint density at radius 3 is 2.44 bits per heavy atom. The summed E-state index contributed by atoms with van der Waals surface area (Å²) < 4.78 is 0. The molecule has 0 bridgehead atoms. The van der Waals surface area contributed by atoms with Crippen LogP contribution in [0.25, 0.3) is 0 Å². The van der Waals surface area contributed by atoms with Crippen LogP contribution in [0.15, 0.2) is 0 Å². The Morgan fingerprint density at radius 2 is 1.88 bits per heavy atom. The van der Waals surface area contributed by atoms with Crippen LogP contribution in [0.1, 0.15) is 47.0 Å². The summed E-state index contributed by atoms with van der Waals surface area (Å²) in [6.07, 6.45) is 3.85. The van der Waals surface area contributed by atoms with Crippen molar-refractivity contribution in [2.24, 2.45) is 23.0 Å². The van der Waals surface area contributed by atoms with Crippen LogP contribution in [0.4, 0.5) is 0 Å². The third-order valence-electron chi connectivity index (χ3n) is 3.59. The summed E-state index contributed by atoms with van der Waals surface area (Å²) >= 11 is 0. The lowest BCUT2D eigenvalue weighted by molar-refractivity contribution is 0.150. The summed E-state index contributed by atoms with van der Waals surface area (Å²) in [6, 6.07) is 0.429. The fourth-order valence-corrected chi connectivity index (χ4v) is 3.01. The minimum Gasteiger partial charge on any atom is -0.327 e. The maximum Gasteiger partial charge on any atom is 0.00795 e. The summed E-state index contributed by atoms with van der Waals surface area (Å²) in [7, 11) is 2.23. The van der Waals surface area contributed by atoms with Crippen LogP contribution in [0.3, 0.4) is 0 Å². The number of nitrogens with two attached hydrogens (primary N) is 1. The molecule has 0 spiro atoms. The summed E-state index contributed by atoms with van der Waals surface area (Å²) in [6.45, 7) is 11.6. The summed E-state index contributed by atoms with van der Waals surface area (Å²) in [5.74, 6) is 1.57. The van der Waals surface area contributed by atoms with Gasteiger partial charge in [0, 0.05) is 19.1 Å². The van der Waals surface area contributed by atoms with Gasteiger partial charge in [-0.25, -0.2) is 0 Å². The van der Waals surface area contributed by atoms with E-state index in [4.69, 9.17) is 5.73 Å². The van der Waals surface area contributed by atoms with E-state index in [0.29, 0.717) is 17.4 Å². The molecule has 0 amide bonds. The van der Waals surface area contributed by atoms with E-state index in [2.05, 4.69) is 39.6 Å². The maximum absolute atomic E-state index is 6.23. The fourth-order valence-electron chi connectivity index (χ4n) is 3.01. The maximum atomic E-state index is 6.23. The lowest BCUT2D eigenvalue weighted by Crippen LogP contribution is -2.43. The number of hydrogen-bond acceptors (Lipinski definition) is 2. The SMILES string of the molecule is CC1CCC(N)C(CN(C)CC(C)(C)C)C1. The molecule has 96 valence electrons. The zero-order chi connectivity index (χ0) is 12.3. The summed E-state index contributed by atoms with van der Waals surface area (Å²) in [4.78, 5) is 2.46. The standard InChI is InChI=1S/C14H30N2/c1-11-6-7-13(15)12(8-11)9-16(5)10-14(2,3)4/h11-13H,6-10,15H2,1-5H3. The Bertz CT molecular complexity index is 207. The molecule has 0 aliphatic heterocycles. The molecule has 0 aromatic rings. The van der Waals surface area contributed by atoms with Crippen LogP contribution >= 0.6 is 0 Å². The number of hydrogen-bond donors (Lipinski definition) is 1. The molecule has 1 aliphatic rings. The van der Waals surface area contributed by atoms with Crippen molar-refractivity contribution < 1.29 is 0 Å². The molecule has 3 unspecified atom stereocenters. The van der Waals surface area contributed by atoms with Crippen LogP contribution in [-0.2, 0) is 0 Å². The molecule has 1 fully saturated rings. The van der Waals surface area contributed by atoms with Gasteiger partial charge in [0.25, 0.3) is 0 Å². The average Bonchev–Trinajstić information content (AvgIpc) is 2.08. The van der Waals surface area contributed by atoms with Crippen LogP contribution in [-0.4, -0.2) is 31.1 Å². The molecule has 0 saturated heterocycles. The van der Waals surface area contributed by atoms with E-state index in [-0.39, 0.29) is 0 Å². The Balaban J connectivity index is 2.40. The first-order valence-corrected chi connectivity index (χ1v) is 6.72. The number of rotatable bonds is 3. The van der Waals surface area contributed by atoms with Crippen molar-refractivity contribution >= 4 is 0 Å². The highest BCUT2D eigenvalue weighted by Crippen LogP contribution is 2.28. The first-order valence-electron chi connectivity index (χ1n) is 6.72. The third-order valence-corrected chi connectivity index (χ3v) is 3.59. The van der Waals surface area contributed by atoms with Crippen molar-refractivity contribution in [2.75, 3.05) is 20.1 Å². The van der Waals surface area contributed by atoms with E-state index in [1.165, 1.54) is 25.8 Å². The minimum atomic E-state index is 0.388. The van der Waals surface area contributed by atoms with Gasteiger partial charge in [-0.1, -0.05) is 27.7 Å². The van der Waals surface area contributed by atoms with E-state index in [9.17, 15) is 0 Å². The first-order chi connectivity index (χ1) is 7.28. The van der Waals surface area contributed by atoms with Crippen molar-refractivity contribution in [1.82, 2.24) is 4.90 Å². The van der Waals surface area contributed by atoms with Crippen molar-refractivity contribution in [1.29, 1.82) is 0 Å². The second kappa shape index (κ2) is 5.50. The Morgan fingerprint density at radius 1 is 1.25 bits per heavy atom. The lowest BCUT2D eigenvalue weighted by atomic mass is 9.79. The molecule has 16 heavy (non-hydrogen) atoms. The van der Waals surface area contributed by atoms with Gasteiger partial charge in [-0.15, -0.1) is 0 Å². The smallest absolute Gasteiger partial charge is 0.00795 e. The van der Waals surface area contributed by atoms with Crippen molar-refractivity contribution in [3.8, 4) is 0 Å². The quantitative estimate of drug-likeness (QED) is 0.802. The van der Waals surface area contributed by atoms with Crippen LogP contribution in [0, 0.1) is 17.3 Å². The molecule has 2 nitrogen and oxygen atoms in total. The molecule has 1 rings (SSSR count). The van der Waals surface area contributed by atoms with Crippen molar-refractivity contribution in [2.45, 2.75) is 53.0 Å². The van der Waals surface area contributed by atoms with E-state index in [1.807, 2.05) is 0 Å². The Labute approximate surface area is 102 Å². The predicted molar refractivity (Wildman–Crippen MR) is 71.4 cm³/mol. The van der Waals surface area contributed by atoms with Gasteiger partial charge in [0.1, 0.15) is 0 Å². The van der Waals surface area contributed by atoms with Gasteiger partial charge >= 0.3 is 0 Å². The molecular weight excluding hydrogens is 196 g/mol. The summed E-state index contributed by atoms with van der Waals surface area (Å²) in [5, 5.41) is 0. The fraction of sp³-hybridized carbons (Fsp3) is 1.00. The molecule has 0 radical (unpaired) electrons.